The highest BCUT2D eigenvalue weighted by molar-refractivity contribution is 7.18. The number of nitrogens with two attached hydrogens (primary N) is 1. The Kier molecular flexibility index (Phi) is 2.73. The van der Waals surface area contributed by atoms with Gasteiger partial charge < -0.3 is 5.73 Å². The van der Waals surface area contributed by atoms with Crippen LogP contribution in [0.4, 0.5) is 5.00 Å². The monoisotopic (exact) mass is 218 g/mol. The fourth-order valence-corrected chi connectivity index (χ4v) is 2.45. The maximum absolute atomic E-state index is 5.94. The molecule has 0 saturated heterocycles. The van der Waals surface area contributed by atoms with Gasteiger partial charge in [-0.2, -0.15) is 0 Å². The molecule has 0 aliphatic heterocycles. The van der Waals surface area contributed by atoms with E-state index in [0.29, 0.717) is 5.92 Å². The van der Waals surface area contributed by atoms with Crippen molar-refractivity contribution < 1.29 is 0 Å². The summed E-state index contributed by atoms with van der Waals surface area (Å²) in [6, 6.07) is 10.2. The zero-order valence-electron chi connectivity index (χ0n) is 8.90. The van der Waals surface area contributed by atoms with Crippen molar-refractivity contribution in [2.45, 2.75) is 19.8 Å². The number of hydrogen-bond donors (Lipinski definition) is 1. The molecule has 1 heterocycles. The molecular weight excluding hydrogens is 204 g/mol. The molecule has 1 aromatic heterocycles. The van der Waals surface area contributed by atoms with Gasteiger partial charge in [0, 0.05) is 5.56 Å². The lowest BCUT2D eigenvalue weighted by molar-refractivity contribution is 0.837. The van der Waals surface area contributed by atoms with Crippen molar-refractivity contribution in [3.8, 4) is 10.6 Å². The molecule has 2 aromatic rings. The van der Waals surface area contributed by atoms with Crippen LogP contribution in [0.15, 0.2) is 30.3 Å². The van der Waals surface area contributed by atoms with Crippen molar-refractivity contribution in [3.63, 3.8) is 0 Å². The smallest absolute Gasteiger partial charge is 0.125 e. The number of nitrogens with zero attached hydrogens (tertiary/aromatic N) is 1. The Balaban J connectivity index is 2.43. The SMILES string of the molecule is CC(C)c1nc(-c2ccccc2)sc1N. The van der Waals surface area contributed by atoms with Gasteiger partial charge in [0.15, 0.2) is 0 Å². The van der Waals surface area contributed by atoms with E-state index in [2.05, 4.69) is 31.0 Å². The van der Waals surface area contributed by atoms with E-state index in [1.807, 2.05) is 18.2 Å². The van der Waals surface area contributed by atoms with Crippen LogP contribution in [0.1, 0.15) is 25.5 Å². The summed E-state index contributed by atoms with van der Waals surface area (Å²) < 4.78 is 0. The third-order valence-electron chi connectivity index (χ3n) is 2.25. The molecule has 0 unspecified atom stereocenters. The molecule has 0 fully saturated rings. The number of rotatable bonds is 2. The molecular formula is C12H14N2S. The first-order valence-electron chi connectivity index (χ1n) is 5.00. The van der Waals surface area contributed by atoms with Gasteiger partial charge in [-0.05, 0) is 5.92 Å². The van der Waals surface area contributed by atoms with E-state index in [0.717, 1.165) is 21.3 Å². The van der Waals surface area contributed by atoms with E-state index in [1.165, 1.54) is 0 Å². The summed E-state index contributed by atoms with van der Waals surface area (Å²) in [5, 5.41) is 1.85. The summed E-state index contributed by atoms with van der Waals surface area (Å²) in [6.07, 6.45) is 0. The lowest BCUT2D eigenvalue weighted by Gasteiger charge is -1.99. The van der Waals surface area contributed by atoms with Gasteiger partial charge in [0.2, 0.25) is 0 Å². The Morgan fingerprint density at radius 1 is 1.20 bits per heavy atom. The molecule has 0 spiro atoms. The van der Waals surface area contributed by atoms with Gasteiger partial charge >= 0.3 is 0 Å². The molecule has 0 radical (unpaired) electrons. The minimum atomic E-state index is 0.388. The molecule has 2 N–H and O–H groups in total. The van der Waals surface area contributed by atoms with Gasteiger partial charge in [-0.25, -0.2) is 4.98 Å². The molecule has 2 nitrogen and oxygen atoms in total. The first-order chi connectivity index (χ1) is 7.18. The highest BCUT2D eigenvalue weighted by atomic mass is 32.1. The zero-order chi connectivity index (χ0) is 10.8. The molecule has 78 valence electrons. The first-order valence-corrected chi connectivity index (χ1v) is 5.81. The Morgan fingerprint density at radius 2 is 1.87 bits per heavy atom. The average Bonchev–Trinajstić information content (AvgIpc) is 2.62. The Labute approximate surface area is 93.8 Å². The van der Waals surface area contributed by atoms with Crippen molar-refractivity contribution in [2.75, 3.05) is 5.73 Å². The second kappa shape index (κ2) is 4.03. The van der Waals surface area contributed by atoms with Gasteiger partial charge in [0.05, 0.1) is 5.69 Å². The van der Waals surface area contributed by atoms with Crippen LogP contribution in [0.25, 0.3) is 10.6 Å². The molecule has 2 rings (SSSR count). The van der Waals surface area contributed by atoms with Gasteiger partial charge in [-0.15, -0.1) is 0 Å². The predicted molar refractivity (Wildman–Crippen MR) is 66.1 cm³/mol. The zero-order valence-corrected chi connectivity index (χ0v) is 9.71. The molecule has 0 aliphatic carbocycles. The maximum Gasteiger partial charge on any atom is 0.125 e. The summed E-state index contributed by atoms with van der Waals surface area (Å²) in [6.45, 7) is 4.22. The second-order valence-corrected chi connectivity index (χ2v) is 4.82. The van der Waals surface area contributed by atoms with Crippen LogP contribution in [0.2, 0.25) is 0 Å². The second-order valence-electron chi connectivity index (χ2n) is 3.79. The minimum Gasteiger partial charge on any atom is -0.389 e. The van der Waals surface area contributed by atoms with Crippen molar-refractivity contribution in [1.82, 2.24) is 4.98 Å². The summed E-state index contributed by atoms with van der Waals surface area (Å²) in [5.74, 6) is 0.388. The fourth-order valence-electron chi connectivity index (χ4n) is 1.46. The van der Waals surface area contributed by atoms with Gasteiger partial charge in [0.25, 0.3) is 0 Å². The number of anilines is 1. The van der Waals surface area contributed by atoms with Crippen LogP contribution in [0.5, 0.6) is 0 Å². The van der Waals surface area contributed by atoms with Crippen molar-refractivity contribution in [3.05, 3.63) is 36.0 Å². The van der Waals surface area contributed by atoms with Crippen LogP contribution >= 0.6 is 11.3 Å². The lowest BCUT2D eigenvalue weighted by Crippen LogP contribution is -1.92. The number of benzene rings is 1. The summed E-state index contributed by atoms with van der Waals surface area (Å²) >= 11 is 1.56. The van der Waals surface area contributed by atoms with Crippen molar-refractivity contribution in [1.29, 1.82) is 0 Å². The van der Waals surface area contributed by atoms with Crippen molar-refractivity contribution >= 4 is 16.3 Å². The maximum atomic E-state index is 5.94. The number of thiazole rings is 1. The summed E-state index contributed by atoms with van der Waals surface area (Å²) in [5.41, 5.74) is 8.09. The van der Waals surface area contributed by atoms with Gasteiger partial charge in [-0.1, -0.05) is 55.5 Å². The normalized spacial score (nSPS) is 10.9. The Hall–Kier alpha value is -1.35. The minimum absolute atomic E-state index is 0.388. The van der Waals surface area contributed by atoms with E-state index < -0.39 is 0 Å². The van der Waals surface area contributed by atoms with Crippen LogP contribution in [0.3, 0.4) is 0 Å². The van der Waals surface area contributed by atoms with Crippen LogP contribution in [0, 0.1) is 0 Å². The third-order valence-corrected chi connectivity index (χ3v) is 3.20. The van der Waals surface area contributed by atoms with E-state index in [1.54, 1.807) is 11.3 Å². The van der Waals surface area contributed by atoms with E-state index >= 15 is 0 Å². The number of aromatic nitrogens is 1. The predicted octanol–water partition coefficient (Wildman–Crippen LogP) is 3.52. The van der Waals surface area contributed by atoms with E-state index in [-0.39, 0.29) is 0 Å². The van der Waals surface area contributed by atoms with E-state index in [9.17, 15) is 0 Å². The third kappa shape index (κ3) is 2.02. The molecule has 0 amide bonds. The van der Waals surface area contributed by atoms with Crippen LogP contribution in [-0.4, -0.2) is 4.98 Å². The quantitative estimate of drug-likeness (QED) is 0.837. The highest BCUT2D eigenvalue weighted by Gasteiger charge is 2.12. The topological polar surface area (TPSA) is 38.9 Å². The summed E-state index contributed by atoms with van der Waals surface area (Å²) in [4.78, 5) is 4.57. The van der Waals surface area contributed by atoms with Crippen molar-refractivity contribution in [2.24, 2.45) is 0 Å². The average molecular weight is 218 g/mol. The molecule has 0 bridgehead atoms. The Bertz CT molecular complexity index is 446. The fraction of sp³-hybridized carbons (Fsp3) is 0.250. The standard InChI is InChI=1S/C12H14N2S/c1-8(2)10-11(13)15-12(14-10)9-6-4-3-5-7-9/h3-8H,13H2,1-2H3. The molecule has 1 aromatic carbocycles. The Morgan fingerprint density at radius 3 is 2.40 bits per heavy atom. The number of hydrogen-bond acceptors (Lipinski definition) is 3. The number of nitrogen functional groups attached to an aromatic ring is 1. The largest absolute Gasteiger partial charge is 0.389 e. The first kappa shape index (κ1) is 10.2. The molecule has 0 atom stereocenters. The lowest BCUT2D eigenvalue weighted by atomic mass is 10.1. The van der Waals surface area contributed by atoms with Crippen LogP contribution in [-0.2, 0) is 0 Å². The molecule has 0 aliphatic rings. The van der Waals surface area contributed by atoms with E-state index in [4.69, 9.17) is 5.73 Å². The van der Waals surface area contributed by atoms with Gasteiger partial charge in [-0.3, -0.25) is 0 Å². The molecule has 15 heavy (non-hydrogen) atoms. The summed E-state index contributed by atoms with van der Waals surface area (Å²) in [7, 11) is 0. The molecule has 3 heteroatoms. The van der Waals surface area contributed by atoms with Gasteiger partial charge in [0.1, 0.15) is 10.0 Å². The highest BCUT2D eigenvalue weighted by Crippen LogP contribution is 2.33. The van der Waals surface area contributed by atoms with Crippen LogP contribution < -0.4 is 5.73 Å². The molecule has 0 saturated carbocycles.